The molecule has 0 unspecified atom stereocenters. The van der Waals surface area contributed by atoms with E-state index in [1.807, 2.05) is 0 Å². The zero-order valence-electron chi connectivity index (χ0n) is 9.85. The van der Waals surface area contributed by atoms with E-state index in [1.54, 1.807) is 0 Å². The first kappa shape index (κ1) is 11.4. The lowest BCUT2D eigenvalue weighted by atomic mass is 9.93. The zero-order chi connectivity index (χ0) is 11.4. The Morgan fingerprint density at radius 3 is 2.69 bits per heavy atom. The van der Waals surface area contributed by atoms with E-state index in [2.05, 4.69) is 22.0 Å². The van der Waals surface area contributed by atoms with Crippen LogP contribution in [-0.2, 0) is 6.54 Å². The van der Waals surface area contributed by atoms with E-state index < -0.39 is 0 Å². The largest absolute Gasteiger partial charge is 0.407 e. The molecule has 5 heteroatoms. The van der Waals surface area contributed by atoms with E-state index in [1.165, 1.54) is 25.7 Å². The minimum atomic E-state index is 0.319. The second kappa shape index (κ2) is 5.30. The summed E-state index contributed by atoms with van der Waals surface area (Å²) in [4.78, 5) is 2.16. The Labute approximate surface area is 96.0 Å². The fourth-order valence-corrected chi connectivity index (χ4v) is 2.28. The standard InChI is InChI=1S/C11H20N4O/c1-2-3-9-4-6-15(7-5-9)11-14-13-10(8-12)16-11/h9H,2-8,12H2,1H3. The molecule has 0 saturated carbocycles. The number of piperidine rings is 1. The van der Waals surface area contributed by atoms with Gasteiger partial charge in [0.25, 0.3) is 0 Å². The van der Waals surface area contributed by atoms with Crippen molar-refractivity contribution in [2.24, 2.45) is 11.7 Å². The average Bonchev–Trinajstić information content (AvgIpc) is 2.79. The van der Waals surface area contributed by atoms with E-state index >= 15 is 0 Å². The van der Waals surface area contributed by atoms with Gasteiger partial charge in [-0.05, 0) is 18.8 Å². The van der Waals surface area contributed by atoms with Crippen LogP contribution in [0.2, 0.25) is 0 Å². The highest BCUT2D eigenvalue weighted by Gasteiger charge is 2.22. The molecule has 5 nitrogen and oxygen atoms in total. The molecule has 1 saturated heterocycles. The van der Waals surface area contributed by atoms with Gasteiger partial charge in [0.2, 0.25) is 5.89 Å². The summed E-state index contributed by atoms with van der Waals surface area (Å²) < 4.78 is 5.45. The Balaban J connectivity index is 1.88. The maximum absolute atomic E-state index is 5.45. The molecule has 1 aromatic heterocycles. The van der Waals surface area contributed by atoms with Crippen molar-refractivity contribution >= 4 is 6.01 Å². The predicted octanol–water partition coefficient (Wildman–Crippen LogP) is 1.54. The van der Waals surface area contributed by atoms with Gasteiger partial charge in [-0.25, -0.2) is 0 Å². The zero-order valence-corrected chi connectivity index (χ0v) is 9.85. The highest BCUT2D eigenvalue weighted by atomic mass is 16.4. The molecule has 0 bridgehead atoms. The van der Waals surface area contributed by atoms with Crippen LogP contribution >= 0.6 is 0 Å². The Hall–Kier alpha value is -1.10. The molecule has 0 atom stereocenters. The number of nitrogens with zero attached hydrogens (tertiary/aromatic N) is 3. The van der Waals surface area contributed by atoms with E-state index in [0.717, 1.165) is 19.0 Å². The van der Waals surface area contributed by atoms with Gasteiger partial charge < -0.3 is 15.1 Å². The number of hydrogen-bond acceptors (Lipinski definition) is 5. The predicted molar refractivity (Wildman–Crippen MR) is 62.0 cm³/mol. The Bertz CT molecular complexity index is 318. The maximum Gasteiger partial charge on any atom is 0.318 e. The summed E-state index contributed by atoms with van der Waals surface area (Å²) in [6, 6.07) is 0.635. The van der Waals surface area contributed by atoms with Crippen LogP contribution in [0.25, 0.3) is 0 Å². The molecule has 1 aromatic rings. The molecule has 16 heavy (non-hydrogen) atoms. The van der Waals surface area contributed by atoms with Gasteiger partial charge in [-0.2, -0.15) is 0 Å². The monoisotopic (exact) mass is 224 g/mol. The number of hydrogen-bond donors (Lipinski definition) is 1. The lowest BCUT2D eigenvalue weighted by Gasteiger charge is -2.30. The summed E-state index contributed by atoms with van der Waals surface area (Å²) in [5.74, 6) is 1.39. The van der Waals surface area contributed by atoms with Crippen LogP contribution in [0.1, 0.15) is 38.5 Å². The summed E-state index contributed by atoms with van der Waals surface area (Å²) >= 11 is 0. The third-order valence-corrected chi connectivity index (χ3v) is 3.21. The van der Waals surface area contributed by atoms with Crippen LogP contribution < -0.4 is 10.6 Å². The second-order valence-electron chi connectivity index (χ2n) is 4.40. The minimum absolute atomic E-state index is 0.319. The molecular weight excluding hydrogens is 204 g/mol. The van der Waals surface area contributed by atoms with Gasteiger partial charge >= 0.3 is 6.01 Å². The Kier molecular flexibility index (Phi) is 3.77. The van der Waals surface area contributed by atoms with E-state index in [4.69, 9.17) is 10.2 Å². The SMILES string of the molecule is CCCC1CCN(c2nnc(CN)o2)CC1. The van der Waals surface area contributed by atoms with Crippen LogP contribution in [0.3, 0.4) is 0 Å². The number of nitrogens with two attached hydrogens (primary N) is 1. The van der Waals surface area contributed by atoms with Gasteiger partial charge in [-0.3, -0.25) is 0 Å². The molecule has 2 rings (SSSR count). The van der Waals surface area contributed by atoms with Crippen LogP contribution in [-0.4, -0.2) is 23.3 Å². The molecule has 0 amide bonds. The van der Waals surface area contributed by atoms with Crippen molar-refractivity contribution in [3.8, 4) is 0 Å². The lowest BCUT2D eigenvalue weighted by molar-refractivity contribution is 0.362. The maximum atomic E-state index is 5.45. The molecule has 0 aliphatic carbocycles. The second-order valence-corrected chi connectivity index (χ2v) is 4.40. The fourth-order valence-electron chi connectivity index (χ4n) is 2.28. The van der Waals surface area contributed by atoms with Crippen LogP contribution in [0.4, 0.5) is 6.01 Å². The Morgan fingerprint density at radius 1 is 1.38 bits per heavy atom. The minimum Gasteiger partial charge on any atom is -0.407 e. The van der Waals surface area contributed by atoms with Crippen LogP contribution in [0.15, 0.2) is 4.42 Å². The average molecular weight is 224 g/mol. The number of aromatic nitrogens is 2. The first-order valence-corrected chi connectivity index (χ1v) is 6.11. The molecule has 0 spiro atoms. The summed E-state index contributed by atoms with van der Waals surface area (Å²) in [5, 5.41) is 7.89. The van der Waals surface area contributed by atoms with Gasteiger partial charge in [-0.1, -0.05) is 24.9 Å². The summed E-state index contributed by atoms with van der Waals surface area (Å²) in [6.07, 6.45) is 5.08. The first-order chi connectivity index (χ1) is 7.83. The highest BCUT2D eigenvalue weighted by molar-refractivity contribution is 5.24. The van der Waals surface area contributed by atoms with Crippen molar-refractivity contribution in [1.82, 2.24) is 10.2 Å². The van der Waals surface area contributed by atoms with Crippen molar-refractivity contribution in [3.05, 3.63) is 5.89 Å². The van der Waals surface area contributed by atoms with Gasteiger partial charge in [0.05, 0.1) is 6.54 Å². The third kappa shape index (κ3) is 2.52. The van der Waals surface area contributed by atoms with Gasteiger partial charge in [0, 0.05) is 13.1 Å². The lowest BCUT2D eigenvalue weighted by Crippen LogP contribution is -2.33. The third-order valence-electron chi connectivity index (χ3n) is 3.21. The fraction of sp³-hybridized carbons (Fsp3) is 0.818. The molecule has 0 aromatic carbocycles. The Morgan fingerprint density at radius 2 is 2.12 bits per heavy atom. The summed E-state index contributed by atoms with van der Waals surface area (Å²) in [6.45, 7) is 4.62. The van der Waals surface area contributed by atoms with E-state index in [-0.39, 0.29) is 0 Å². The van der Waals surface area contributed by atoms with Gasteiger partial charge in [0.15, 0.2) is 0 Å². The van der Waals surface area contributed by atoms with Crippen LogP contribution in [0.5, 0.6) is 0 Å². The van der Waals surface area contributed by atoms with Gasteiger partial charge in [0.1, 0.15) is 0 Å². The molecule has 2 N–H and O–H groups in total. The summed E-state index contributed by atoms with van der Waals surface area (Å²) in [5.41, 5.74) is 5.44. The molecule has 1 aliphatic rings. The van der Waals surface area contributed by atoms with Crippen molar-refractivity contribution < 1.29 is 4.42 Å². The highest BCUT2D eigenvalue weighted by Crippen LogP contribution is 2.24. The van der Waals surface area contributed by atoms with Crippen molar-refractivity contribution in [2.75, 3.05) is 18.0 Å². The van der Waals surface area contributed by atoms with Gasteiger partial charge in [-0.15, -0.1) is 5.10 Å². The molecule has 1 aliphatic heterocycles. The molecule has 2 heterocycles. The van der Waals surface area contributed by atoms with Crippen molar-refractivity contribution in [3.63, 3.8) is 0 Å². The molecular formula is C11H20N4O. The summed E-state index contributed by atoms with van der Waals surface area (Å²) in [7, 11) is 0. The van der Waals surface area contributed by atoms with E-state index in [0.29, 0.717) is 18.5 Å². The quantitative estimate of drug-likeness (QED) is 0.840. The topological polar surface area (TPSA) is 68.2 Å². The normalized spacial score (nSPS) is 18.0. The van der Waals surface area contributed by atoms with E-state index in [9.17, 15) is 0 Å². The molecule has 0 radical (unpaired) electrons. The van der Waals surface area contributed by atoms with Crippen molar-refractivity contribution in [2.45, 2.75) is 39.2 Å². The number of anilines is 1. The molecule has 1 fully saturated rings. The number of rotatable bonds is 4. The smallest absolute Gasteiger partial charge is 0.318 e. The molecule has 90 valence electrons. The van der Waals surface area contributed by atoms with Crippen LogP contribution in [0, 0.1) is 5.92 Å². The van der Waals surface area contributed by atoms with Crippen molar-refractivity contribution in [1.29, 1.82) is 0 Å². The first-order valence-electron chi connectivity index (χ1n) is 6.11.